The molecular formula is C20H23NO3S. The van der Waals surface area contributed by atoms with Gasteiger partial charge in [-0.3, -0.25) is 0 Å². The standard InChI is InChI=1S/C20H23NO3S/c1-15-3-9-20(10-4-15)25(23,24)21-12-16(2)19(13-21)11-17-5-7-18(14-22)8-6-17/h3-10,19,22H,2,11-14H2,1H3. The van der Waals surface area contributed by atoms with Gasteiger partial charge in [0.15, 0.2) is 0 Å². The van der Waals surface area contributed by atoms with Crippen LogP contribution in [0.2, 0.25) is 0 Å². The largest absolute Gasteiger partial charge is 0.392 e. The van der Waals surface area contributed by atoms with E-state index >= 15 is 0 Å². The lowest BCUT2D eigenvalue weighted by Gasteiger charge is -2.16. The van der Waals surface area contributed by atoms with E-state index in [9.17, 15) is 8.42 Å². The van der Waals surface area contributed by atoms with E-state index in [0.717, 1.165) is 28.7 Å². The highest BCUT2D eigenvalue weighted by molar-refractivity contribution is 7.89. The minimum Gasteiger partial charge on any atom is -0.392 e. The molecule has 0 bridgehead atoms. The Morgan fingerprint density at radius 2 is 1.68 bits per heavy atom. The minimum absolute atomic E-state index is 0.0268. The van der Waals surface area contributed by atoms with Gasteiger partial charge >= 0.3 is 0 Å². The molecule has 1 aliphatic heterocycles. The molecule has 0 radical (unpaired) electrons. The Hall–Kier alpha value is -1.95. The monoisotopic (exact) mass is 357 g/mol. The van der Waals surface area contributed by atoms with Crippen molar-refractivity contribution < 1.29 is 13.5 Å². The number of benzene rings is 2. The SMILES string of the molecule is C=C1CN(S(=O)(=O)c2ccc(C)cc2)CC1Cc1ccc(CO)cc1. The number of hydrogen-bond donors (Lipinski definition) is 1. The summed E-state index contributed by atoms with van der Waals surface area (Å²) in [6.45, 7) is 6.88. The summed E-state index contributed by atoms with van der Waals surface area (Å²) in [5, 5.41) is 9.12. The third-order valence-electron chi connectivity index (χ3n) is 4.73. The smallest absolute Gasteiger partial charge is 0.243 e. The minimum atomic E-state index is -3.48. The predicted molar refractivity (Wildman–Crippen MR) is 98.6 cm³/mol. The van der Waals surface area contributed by atoms with E-state index in [4.69, 9.17) is 5.11 Å². The van der Waals surface area contributed by atoms with Crippen LogP contribution in [0.15, 0.2) is 65.6 Å². The van der Waals surface area contributed by atoms with Gasteiger partial charge in [0.1, 0.15) is 0 Å². The zero-order valence-electron chi connectivity index (χ0n) is 14.4. The molecule has 3 rings (SSSR count). The molecule has 2 aromatic carbocycles. The van der Waals surface area contributed by atoms with Crippen molar-refractivity contribution in [2.24, 2.45) is 5.92 Å². The summed E-state index contributed by atoms with van der Waals surface area (Å²) < 4.78 is 27.2. The third kappa shape index (κ3) is 3.84. The molecule has 0 aliphatic carbocycles. The van der Waals surface area contributed by atoms with Crippen LogP contribution in [-0.2, 0) is 23.1 Å². The molecule has 0 spiro atoms. The van der Waals surface area contributed by atoms with Crippen molar-refractivity contribution in [1.29, 1.82) is 0 Å². The molecule has 4 nitrogen and oxygen atoms in total. The first kappa shape index (κ1) is 17.9. The zero-order valence-corrected chi connectivity index (χ0v) is 15.2. The molecule has 132 valence electrons. The maximum absolute atomic E-state index is 12.8. The van der Waals surface area contributed by atoms with Gasteiger partial charge < -0.3 is 5.11 Å². The summed E-state index contributed by atoms with van der Waals surface area (Å²) in [4.78, 5) is 0.332. The third-order valence-corrected chi connectivity index (χ3v) is 6.55. The first-order chi connectivity index (χ1) is 11.9. The van der Waals surface area contributed by atoms with Crippen molar-refractivity contribution in [1.82, 2.24) is 4.31 Å². The van der Waals surface area contributed by atoms with Crippen molar-refractivity contribution in [2.45, 2.75) is 24.8 Å². The second kappa shape index (κ2) is 7.12. The van der Waals surface area contributed by atoms with Crippen LogP contribution in [0, 0.1) is 12.8 Å². The number of aliphatic hydroxyl groups excluding tert-OH is 1. The summed E-state index contributed by atoms with van der Waals surface area (Å²) in [6.07, 6.45) is 0.754. The fourth-order valence-corrected chi connectivity index (χ4v) is 4.60. The van der Waals surface area contributed by atoms with E-state index in [1.807, 2.05) is 43.3 Å². The normalized spacial score (nSPS) is 18.6. The lowest BCUT2D eigenvalue weighted by Crippen LogP contribution is -2.29. The van der Waals surface area contributed by atoms with Gasteiger partial charge in [0.05, 0.1) is 11.5 Å². The highest BCUT2D eigenvalue weighted by Crippen LogP contribution is 2.29. The fourth-order valence-electron chi connectivity index (χ4n) is 3.11. The average molecular weight is 357 g/mol. The molecule has 0 saturated carbocycles. The van der Waals surface area contributed by atoms with Crippen LogP contribution < -0.4 is 0 Å². The summed E-state index contributed by atoms with van der Waals surface area (Å²) >= 11 is 0. The number of nitrogens with zero attached hydrogens (tertiary/aromatic N) is 1. The van der Waals surface area contributed by atoms with Crippen LogP contribution in [-0.4, -0.2) is 30.9 Å². The van der Waals surface area contributed by atoms with Crippen molar-refractivity contribution in [2.75, 3.05) is 13.1 Å². The zero-order chi connectivity index (χ0) is 18.0. The van der Waals surface area contributed by atoms with E-state index in [0.29, 0.717) is 18.0 Å². The molecule has 25 heavy (non-hydrogen) atoms. The lowest BCUT2D eigenvalue weighted by molar-refractivity contribution is 0.282. The molecule has 1 N–H and O–H groups in total. The van der Waals surface area contributed by atoms with Crippen LogP contribution >= 0.6 is 0 Å². The van der Waals surface area contributed by atoms with Gasteiger partial charge in [0.2, 0.25) is 10.0 Å². The highest BCUT2D eigenvalue weighted by Gasteiger charge is 2.34. The number of hydrogen-bond acceptors (Lipinski definition) is 3. The molecule has 0 amide bonds. The highest BCUT2D eigenvalue weighted by atomic mass is 32.2. The molecule has 1 atom stereocenters. The number of aliphatic hydroxyl groups is 1. The van der Waals surface area contributed by atoms with Gasteiger partial charge in [-0.05, 0) is 42.5 Å². The van der Waals surface area contributed by atoms with Gasteiger partial charge in [-0.15, -0.1) is 0 Å². The topological polar surface area (TPSA) is 57.6 Å². The van der Waals surface area contributed by atoms with Gasteiger partial charge in [0.25, 0.3) is 0 Å². The molecule has 2 aromatic rings. The Bertz CT molecular complexity index is 855. The Labute approximate surface area is 149 Å². The second-order valence-corrected chi connectivity index (χ2v) is 8.58. The molecular weight excluding hydrogens is 334 g/mol. The number of aryl methyl sites for hydroxylation is 1. The van der Waals surface area contributed by atoms with Crippen LogP contribution in [0.4, 0.5) is 0 Å². The van der Waals surface area contributed by atoms with E-state index in [-0.39, 0.29) is 12.5 Å². The van der Waals surface area contributed by atoms with E-state index in [1.165, 1.54) is 4.31 Å². The predicted octanol–water partition coefficient (Wildman–Crippen LogP) is 2.91. The molecule has 1 saturated heterocycles. The molecule has 0 aromatic heterocycles. The van der Waals surface area contributed by atoms with Gasteiger partial charge in [-0.2, -0.15) is 4.31 Å². The maximum atomic E-state index is 12.8. The Balaban J connectivity index is 1.74. The Kier molecular flexibility index (Phi) is 5.08. The van der Waals surface area contributed by atoms with Crippen LogP contribution in [0.25, 0.3) is 0 Å². The fraction of sp³-hybridized carbons (Fsp3) is 0.300. The number of rotatable bonds is 5. The summed E-state index contributed by atoms with van der Waals surface area (Å²) in [5.74, 6) is 0.111. The first-order valence-electron chi connectivity index (χ1n) is 8.33. The van der Waals surface area contributed by atoms with Gasteiger partial charge in [-0.25, -0.2) is 8.42 Å². The molecule has 1 heterocycles. The average Bonchev–Trinajstić information content (AvgIpc) is 2.97. The first-order valence-corrected chi connectivity index (χ1v) is 9.77. The maximum Gasteiger partial charge on any atom is 0.243 e. The molecule has 1 unspecified atom stereocenters. The van der Waals surface area contributed by atoms with Crippen LogP contribution in [0.5, 0.6) is 0 Å². The van der Waals surface area contributed by atoms with Crippen molar-refractivity contribution in [3.63, 3.8) is 0 Å². The van der Waals surface area contributed by atoms with Crippen molar-refractivity contribution >= 4 is 10.0 Å². The second-order valence-electron chi connectivity index (χ2n) is 6.64. The van der Waals surface area contributed by atoms with E-state index < -0.39 is 10.0 Å². The molecule has 1 aliphatic rings. The summed E-state index contributed by atoms with van der Waals surface area (Å²) in [5.41, 5.74) is 3.98. The van der Waals surface area contributed by atoms with E-state index in [2.05, 4.69) is 6.58 Å². The Morgan fingerprint density at radius 1 is 1.08 bits per heavy atom. The van der Waals surface area contributed by atoms with Crippen molar-refractivity contribution in [3.05, 3.63) is 77.4 Å². The van der Waals surface area contributed by atoms with Crippen molar-refractivity contribution in [3.8, 4) is 0 Å². The van der Waals surface area contributed by atoms with E-state index in [1.54, 1.807) is 12.1 Å². The number of sulfonamides is 1. The van der Waals surface area contributed by atoms with Gasteiger partial charge in [-0.1, -0.05) is 54.1 Å². The summed E-state index contributed by atoms with van der Waals surface area (Å²) in [7, 11) is -3.48. The quantitative estimate of drug-likeness (QED) is 0.837. The van der Waals surface area contributed by atoms with Gasteiger partial charge in [0, 0.05) is 13.1 Å². The summed E-state index contributed by atoms with van der Waals surface area (Å²) in [6, 6.07) is 14.7. The van der Waals surface area contributed by atoms with Crippen LogP contribution in [0.3, 0.4) is 0 Å². The molecule has 5 heteroatoms. The lowest BCUT2D eigenvalue weighted by atomic mass is 9.95. The van der Waals surface area contributed by atoms with Crippen LogP contribution in [0.1, 0.15) is 16.7 Å². The molecule has 1 fully saturated rings. The Morgan fingerprint density at radius 3 is 2.28 bits per heavy atom.